The molecule has 3 aromatic rings. The Bertz CT molecular complexity index is 946. The van der Waals surface area contributed by atoms with E-state index >= 15 is 0 Å². The average Bonchev–Trinajstić information content (AvgIpc) is 2.60. The lowest BCUT2D eigenvalue weighted by Crippen LogP contribution is -2.26. The van der Waals surface area contributed by atoms with E-state index in [9.17, 15) is 4.79 Å². The summed E-state index contributed by atoms with van der Waals surface area (Å²) in [5.74, 6) is 0.823. The first-order valence-electron chi connectivity index (χ1n) is 7.36. The molecule has 128 valence electrons. The highest BCUT2D eigenvalue weighted by Gasteiger charge is 2.10. The first kappa shape index (κ1) is 18.0. The molecule has 0 spiro atoms. The lowest BCUT2D eigenvalue weighted by molar-refractivity contribution is 0.764. The summed E-state index contributed by atoms with van der Waals surface area (Å²) in [7, 11) is 1.66. The van der Waals surface area contributed by atoms with E-state index in [1.54, 1.807) is 30.9 Å². The van der Waals surface area contributed by atoms with Crippen LogP contribution in [0.15, 0.2) is 62.7 Å². The average molecular weight is 438 g/mol. The molecule has 0 saturated heterocycles. The van der Waals surface area contributed by atoms with Gasteiger partial charge in [0.1, 0.15) is 5.69 Å². The van der Waals surface area contributed by atoms with E-state index in [1.807, 2.05) is 36.4 Å². The Morgan fingerprint density at radius 1 is 1.20 bits per heavy atom. The lowest BCUT2D eigenvalue weighted by atomic mass is 10.3. The molecule has 0 radical (unpaired) electrons. The Kier molecular flexibility index (Phi) is 5.78. The first-order chi connectivity index (χ1) is 12.0. The van der Waals surface area contributed by atoms with Gasteiger partial charge in [0.25, 0.3) is 5.56 Å². The summed E-state index contributed by atoms with van der Waals surface area (Å²) in [4.78, 5) is 13.6. The Morgan fingerprint density at radius 3 is 2.68 bits per heavy atom. The maximum absolute atomic E-state index is 12.5. The van der Waals surface area contributed by atoms with E-state index in [0.717, 1.165) is 15.1 Å². The molecule has 8 heteroatoms. The SMILES string of the molecule is Cn1c(Nc2cccc(Cl)c2)nnc(CSc2ccc(Br)cc2)c1=O. The van der Waals surface area contributed by atoms with Gasteiger partial charge in [0.15, 0.2) is 0 Å². The second kappa shape index (κ2) is 8.03. The first-order valence-corrected chi connectivity index (χ1v) is 9.52. The predicted octanol–water partition coefficient (Wildman–Crippen LogP) is 4.63. The third-order valence-corrected chi connectivity index (χ3v) is 5.19. The van der Waals surface area contributed by atoms with Crippen molar-refractivity contribution in [2.75, 3.05) is 5.32 Å². The van der Waals surface area contributed by atoms with Crippen LogP contribution in [0.4, 0.5) is 11.6 Å². The van der Waals surface area contributed by atoms with Crippen LogP contribution in [-0.4, -0.2) is 14.8 Å². The highest BCUT2D eigenvalue weighted by Crippen LogP contribution is 2.23. The third-order valence-electron chi connectivity index (χ3n) is 3.40. The third kappa shape index (κ3) is 4.62. The highest BCUT2D eigenvalue weighted by atomic mass is 79.9. The summed E-state index contributed by atoms with van der Waals surface area (Å²) in [5, 5.41) is 11.9. The zero-order chi connectivity index (χ0) is 17.8. The van der Waals surface area contributed by atoms with Gasteiger partial charge in [-0.3, -0.25) is 9.36 Å². The summed E-state index contributed by atoms with van der Waals surface area (Å²) in [6.45, 7) is 0. The van der Waals surface area contributed by atoms with E-state index < -0.39 is 0 Å². The van der Waals surface area contributed by atoms with Crippen molar-refractivity contribution in [2.45, 2.75) is 10.6 Å². The number of aromatic nitrogens is 3. The summed E-state index contributed by atoms with van der Waals surface area (Å²) in [5.41, 5.74) is 0.977. The van der Waals surface area contributed by atoms with E-state index in [2.05, 4.69) is 31.4 Å². The molecule has 0 amide bonds. The zero-order valence-electron chi connectivity index (χ0n) is 13.2. The predicted molar refractivity (Wildman–Crippen MR) is 106 cm³/mol. The summed E-state index contributed by atoms with van der Waals surface area (Å²) >= 11 is 10.9. The fourth-order valence-corrected chi connectivity index (χ4v) is 3.35. The number of nitrogens with zero attached hydrogens (tertiary/aromatic N) is 3. The standard InChI is InChI=1S/C17H14BrClN4OS/c1-23-16(24)15(10-25-14-7-5-11(18)6-8-14)21-22-17(23)20-13-4-2-3-12(19)9-13/h2-9H,10H2,1H3,(H,20,22). The number of hydrogen-bond acceptors (Lipinski definition) is 5. The van der Waals surface area contributed by atoms with Gasteiger partial charge in [0.05, 0.1) is 0 Å². The Morgan fingerprint density at radius 2 is 1.96 bits per heavy atom. The Labute approximate surface area is 162 Å². The summed E-state index contributed by atoms with van der Waals surface area (Å²) < 4.78 is 2.47. The quantitative estimate of drug-likeness (QED) is 0.590. The van der Waals surface area contributed by atoms with Crippen LogP contribution < -0.4 is 10.9 Å². The fourth-order valence-electron chi connectivity index (χ4n) is 2.08. The molecule has 0 bridgehead atoms. The number of nitrogens with one attached hydrogen (secondary N) is 1. The topological polar surface area (TPSA) is 59.8 Å². The normalized spacial score (nSPS) is 10.7. The molecular weight excluding hydrogens is 424 g/mol. The van der Waals surface area contributed by atoms with Crippen LogP contribution in [0.5, 0.6) is 0 Å². The molecule has 1 aromatic heterocycles. The smallest absolute Gasteiger partial charge is 0.277 e. The van der Waals surface area contributed by atoms with Crippen LogP contribution in [-0.2, 0) is 12.8 Å². The Hall–Kier alpha value is -1.83. The molecule has 3 rings (SSSR count). The van der Waals surface area contributed by atoms with Crippen molar-refractivity contribution in [3.8, 4) is 0 Å². The van der Waals surface area contributed by atoms with Gasteiger partial charge < -0.3 is 5.32 Å². The van der Waals surface area contributed by atoms with Crippen molar-refractivity contribution in [1.82, 2.24) is 14.8 Å². The maximum atomic E-state index is 12.5. The van der Waals surface area contributed by atoms with E-state index in [4.69, 9.17) is 11.6 Å². The monoisotopic (exact) mass is 436 g/mol. The van der Waals surface area contributed by atoms with Gasteiger partial charge >= 0.3 is 0 Å². The van der Waals surface area contributed by atoms with Gasteiger partial charge in [0.2, 0.25) is 5.95 Å². The maximum Gasteiger partial charge on any atom is 0.277 e. The number of rotatable bonds is 5. The molecule has 0 fully saturated rings. The molecule has 0 unspecified atom stereocenters. The molecule has 0 aliphatic carbocycles. The van der Waals surface area contributed by atoms with E-state index in [0.29, 0.717) is 22.4 Å². The molecule has 0 atom stereocenters. The second-order valence-electron chi connectivity index (χ2n) is 5.21. The van der Waals surface area contributed by atoms with Gasteiger partial charge in [0, 0.05) is 32.9 Å². The van der Waals surface area contributed by atoms with Gasteiger partial charge in [-0.15, -0.1) is 22.0 Å². The molecular formula is C17H14BrClN4OS. The molecule has 2 aromatic carbocycles. The summed E-state index contributed by atoms with van der Waals surface area (Å²) in [6, 6.07) is 15.1. The summed E-state index contributed by atoms with van der Waals surface area (Å²) in [6.07, 6.45) is 0. The van der Waals surface area contributed by atoms with Crippen molar-refractivity contribution in [2.24, 2.45) is 7.05 Å². The minimum absolute atomic E-state index is 0.177. The zero-order valence-corrected chi connectivity index (χ0v) is 16.4. The largest absolute Gasteiger partial charge is 0.324 e. The number of hydrogen-bond donors (Lipinski definition) is 1. The van der Waals surface area contributed by atoms with Gasteiger partial charge in [-0.1, -0.05) is 33.6 Å². The van der Waals surface area contributed by atoms with Crippen molar-refractivity contribution >= 4 is 50.9 Å². The highest BCUT2D eigenvalue weighted by molar-refractivity contribution is 9.10. The van der Waals surface area contributed by atoms with Crippen molar-refractivity contribution in [1.29, 1.82) is 0 Å². The molecule has 1 N–H and O–H groups in total. The number of anilines is 2. The van der Waals surface area contributed by atoms with E-state index in [1.165, 1.54) is 4.57 Å². The molecule has 0 aliphatic rings. The second-order valence-corrected chi connectivity index (χ2v) is 7.61. The van der Waals surface area contributed by atoms with Crippen LogP contribution in [0, 0.1) is 0 Å². The van der Waals surface area contributed by atoms with Crippen LogP contribution >= 0.6 is 39.3 Å². The lowest BCUT2D eigenvalue weighted by Gasteiger charge is -2.10. The van der Waals surface area contributed by atoms with Crippen molar-refractivity contribution in [3.63, 3.8) is 0 Å². The van der Waals surface area contributed by atoms with Crippen molar-refractivity contribution < 1.29 is 0 Å². The Balaban J connectivity index is 1.75. The number of halogens is 2. The van der Waals surface area contributed by atoms with Crippen LogP contribution in [0.1, 0.15) is 5.69 Å². The van der Waals surface area contributed by atoms with Gasteiger partial charge in [-0.25, -0.2) is 0 Å². The number of thioether (sulfide) groups is 1. The van der Waals surface area contributed by atoms with Crippen LogP contribution in [0.25, 0.3) is 0 Å². The van der Waals surface area contributed by atoms with Crippen molar-refractivity contribution in [3.05, 3.63) is 74.1 Å². The van der Waals surface area contributed by atoms with Crippen LogP contribution in [0.3, 0.4) is 0 Å². The van der Waals surface area contributed by atoms with Gasteiger partial charge in [-0.05, 0) is 42.5 Å². The van der Waals surface area contributed by atoms with Gasteiger partial charge in [-0.2, -0.15) is 0 Å². The molecule has 5 nitrogen and oxygen atoms in total. The number of benzene rings is 2. The molecule has 25 heavy (non-hydrogen) atoms. The molecule has 1 heterocycles. The fraction of sp³-hybridized carbons (Fsp3) is 0.118. The molecule has 0 aliphatic heterocycles. The molecule has 0 saturated carbocycles. The minimum atomic E-state index is -0.177. The minimum Gasteiger partial charge on any atom is -0.324 e. The van der Waals surface area contributed by atoms with Crippen LogP contribution in [0.2, 0.25) is 5.02 Å². The van der Waals surface area contributed by atoms with E-state index in [-0.39, 0.29) is 5.56 Å².